The van der Waals surface area contributed by atoms with Crippen molar-refractivity contribution < 1.29 is 14.3 Å². The van der Waals surface area contributed by atoms with Crippen LogP contribution in [0.3, 0.4) is 0 Å². The normalized spacial score (nSPS) is 20.8. The first kappa shape index (κ1) is 16.9. The van der Waals surface area contributed by atoms with Crippen molar-refractivity contribution in [1.82, 2.24) is 5.32 Å². The molecule has 1 fully saturated rings. The van der Waals surface area contributed by atoms with Crippen molar-refractivity contribution in [3.8, 4) is 5.75 Å². The van der Waals surface area contributed by atoms with E-state index in [1.165, 1.54) is 0 Å². The second kappa shape index (κ2) is 6.77. The molecule has 1 aliphatic carbocycles. The quantitative estimate of drug-likeness (QED) is 0.842. The molecule has 0 unspecified atom stereocenters. The predicted molar refractivity (Wildman–Crippen MR) is 90.5 cm³/mol. The van der Waals surface area contributed by atoms with Crippen LogP contribution in [0.2, 0.25) is 0 Å². The lowest BCUT2D eigenvalue weighted by molar-refractivity contribution is 0.0475. The van der Waals surface area contributed by atoms with Crippen LogP contribution < -0.4 is 15.4 Å². The molecule has 0 aliphatic heterocycles. The Bertz CT molecular complexity index is 537. The third kappa shape index (κ3) is 4.80. The van der Waals surface area contributed by atoms with E-state index in [4.69, 9.17) is 9.47 Å². The highest BCUT2D eigenvalue weighted by atomic mass is 79.9. The van der Waals surface area contributed by atoms with Gasteiger partial charge in [-0.25, -0.2) is 4.79 Å². The highest BCUT2D eigenvalue weighted by molar-refractivity contribution is 9.10. The zero-order valence-corrected chi connectivity index (χ0v) is 15.0. The van der Waals surface area contributed by atoms with Gasteiger partial charge in [-0.2, -0.15) is 0 Å². The van der Waals surface area contributed by atoms with Gasteiger partial charge in [0.05, 0.1) is 12.8 Å². The Morgan fingerprint density at radius 1 is 1.27 bits per heavy atom. The Balaban J connectivity index is 1.79. The maximum Gasteiger partial charge on any atom is 0.407 e. The van der Waals surface area contributed by atoms with Crippen molar-refractivity contribution in [2.24, 2.45) is 0 Å². The number of ether oxygens (including phenoxy) is 2. The van der Waals surface area contributed by atoms with Gasteiger partial charge < -0.3 is 20.1 Å². The van der Waals surface area contributed by atoms with Crippen LogP contribution in [-0.2, 0) is 4.74 Å². The van der Waals surface area contributed by atoms with Gasteiger partial charge >= 0.3 is 6.09 Å². The average Bonchev–Trinajstić information content (AvgIpc) is 2.36. The van der Waals surface area contributed by atoms with E-state index in [2.05, 4.69) is 26.6 Å². The van der Waals surface area contributed by atoms with Gasteiger partial charge in [-0.05, 0) is 61.7 Å². The molecule has 122 valence electrons. The van der Waals surface area contributed by atoms with Crippen molar-refractivity contribution >= 4 is 27.7 Å². The number of halogens is 1. The Morgan fingerprint density at radius 2 is 1.95 bits per heavy atom. The summed E-state index contributed by atoms with van der Waals surface area (Å²) in [4.78, 5) is 11.7. The summed E-state index contributed by atoms with van der Waals surface area (Å²) in [7, 11) is 1.65. The molecule has 0 atom stereocenters. The fourth-order valence-corrected chi connectivity index (χ4v) is 2.65. The van der Waals surface area contributed by atoms with Crippen molar-refractivity contribution in [3.05, 3.63) is 22.7 Å². The van der Waals surface area contributed by atoms with E-state index in [0.717, 1.165) is 28.8 Å². The van der Waals surface area contributed by atoms with Gasteiger partial charge in [-0.15, -0.1) is 0 Å². The maximum absolute atomic E-state index is 11.7. The molecule has 22 heavy (non-hydrogen) atoms. The molecule has 0 radical (unpaired) electrons. The fourth-order valence-electron chi connectivity index (χ4n) is 2.29. The molecular weight excluding hydrogens is 348 g/mol. The van der Waals surface area contributed by atoms with Crippen LogP contribution in [0.15, 0.2) is 22.7 Å². The third-order valence-electron chi connectivity index (χ3n) is 3.39. The zero-order valence-electron chi connectivity index (χ0n) is 13.4. The van der Waals surface area contributed by atoms with Gasteiger partial charge in [0.1, 0.15) is 11.4 Å². The van der Waals surface area contributed by atoms with E-state index in [1.807, 2.05) is 39.0 Å². The van der Waals surface area contributed by atoms with Gasteiger partial charge in [-0.3, -0.25) is 0 Å². The molecule has 1 aliphatic rings. The van der Waals surface area contributed by atoms with E-state index >= 15 is 0 Å². The molecule has 1 amide bonds. The summed E-state index contributed by atoms with van der Waals surface area (Å²) in [6.45, 7) is 5.58. The molecule has 0 heterocycles. The summed E-state index contributed by atoms with van der Waals surface area (Å²) < 4.78 is 11.5. The van der Waals surface area contributed by atoms with E-state index in [-0.39, 0.29) is 12.1 Å². The summed E-state index contributed by atoms with van der Waals surface area (Å²) in [5.74, 6) is 0.813. The number of nitrogens with one attached hydrogen (secondary N) is 2. The second-order valence-corrected chi connectivity index (χ2v) is 7.36. The fraction of sp³-hybridized carbons (Fsp3) is 0.562. The molecule has 1 saturated carbocycles. The average molecular weight is 371 g/mol. The Morgan fingerprint density at radius 3 is 2.55 bits per heavy atom. The zero-order chi connectivity index (χ0) is 16.3. The van der Waals surface area contributed by atoms with E-state index in [1.54, 1.807) is 7.11 Å². The first-order valence-corrected chi connectivity index (χ1v) is 8.16. The van der Waals surface area contributed by atoms with Crippen molar-refractivity contribution in [2.75, 3.05) is 12.4 Å². The molecule has 6 heteroatoms. The maximum atomic E-state index is 11.7. The van der Waals surface area contributed by atoms with Crippen LogP contribution in [0.1, 0.15) is 33.6 Å². The summed E-state index contributed by atoms with van der Waals surface area (Å²) in [6, 6.07) is 6.32. The topological polar surface area (TPSA) is 59.6 Å². The molecule has 0 aromatic heterocycles. The minimum absolute atomic E-state index is 0.164. The highest BCUT2D eigenvalue weighted by Crippen LogP contribution is 2.31. The minimum atomic E-state index is -0.461. The number of carbonyl (C=O) groups is 1. The number of rotatable bonds is 4. The standard InChI is InChI=1S/C16H23BrN2O3/c1-16(2,3)22-15(20)19-11-7-10(8-11)18-14-9-12(21-4)5-6-13(14)17/h5-6,9-11,18H,7-8H2,1-4H3,(H,19,20). The monoisotopic (exact) mass is 370 g/mol. The lowest BCUT2D eigenvalue weighted by Crippen LogP contribution is -2.50. The van der Waals surface area contributed by atoms with Gasteiger partial charge in [0.25, 0.3) is 0 Å². The Hall–Kier alpha value is -1.43. The molecule has 1 aromatic carbocycles. The van der Waals surface area contributed by atoms with Crippen LogP contribution in [0, 0.1) is 0 Å². The van der Waals surface area contributed by atoms with Crippen LogP contribution in [0.25, 0.3) is 0 Å². The van der Waals surface area contributed by atoms with Crippen molar-refractivity contribution in [3.63, 3.8) is 0 Å². The van der Waals surface area contributed by atoms with Crippen molar-refractivity contribution in [2.45, 2.75) is 51.3 Å². The smallest absolute Gasteiger partial charge is 0.407 e. The number of anilines is 1. The number of carbonyl (C=O) groups excluding carboxylic acids is 1. The Labute approximate surface area is 139 Å². The van der Waals surface area contributed by atoms with Gasteiger partial charge in [0, 0.05) is 22.6 Å². The van der Waals surface area contributed by atoms with E-state index < -0.39 is 5.60 Å². The number of benzene rings is 1. The second-order valence-electron chi connectivity index (χ2n) is 6.50. The van der Waals surface area contributed by atoms with E-state index in [9.17, 15) is 4.79 Å². The molecular formula is C16H23BrN2O3. The lowest BCUT2D eigenvalue weighted by atomic mass is 9.86. The molecule has 0 spiro atoms. The molecule has 1 aromatic rings. The SMILES string of the molecule is COc1ccc(Br)c(NC2CC(NC(=O)OC(C)(C)C)C2)c1. The summed E-state index contributed by atoms with van der Waals surface area (Å²) >= 11 is 3.52. The van der Waals surface area contributed by atoms with Gasteiger partial charge in [-0.1, -0.05) is 0 Å². The van der Waals surface area contributed by atoms with Crippen LogP contribution >= 0.6 is 15.9 Å². The largest absolute Gasteiger partial charge is 0.497 e. The number of hydrogen-bond acceptors (Lipinski definition) is 4. The number of amides is 1. The molecule has 2 rings (SSSR count). The van der Waals surface area contributed by atoms with E-state index in [0.29, 0.717) is 6.04 Å². The molecule has 2 N–H and O–H groups in total. The summed E-state index contributed by atoms with van der Waals surface area (Å²) in [6.07, 6.45) is 1.41. The summed E-state index contributed by atoms with van der Waals surface area (Å²) in [5, 5.41) is 6.34. The van der Waals surface area contributed by atoms with Crippen molar-refractivity contribution in [1.29, 1.82) is 0 Å². The predicted octanol–water partition coefficient (Wildman–Crippen LogP) is 3.93. The number of alkyl carbamates (subject to hydrolysis) is 1. The van der Waals surface area contributed by atoms with Crippen LogP contribution in [0.5, 0.6) is 5.75 Å². The lowest BCUT2D eigenvalue weighted by Gasteiger charge is -2.37. The molecule has 5 nitrogen and oxygen atoms in total. The van der Waals surface area contributed by atoms with Gasteiger partial charge in [0.2, 0.25) is 0 Å². The van der Waals surface area contributed by atoms with Gasteiger partial charge in [0.15, 0.2) is 0 Å². The first-order chi connectivity index (χ1) is 10.3. The first-order valence-electron chi connectivity index (χ1n) is 7.36. The highest BCUT2D eigenvalue weighted by Gasteiger charge is 2.31. The number of hydrogen-bond donors (Lipinski definition) is 2. The van der Waals surface area contributed by atoms with Crippen LogP contribution in [0.4, 0.5) is 10.5 Å². The number of methoxy groups -OCH3 is 1. The van der Waals surface area contributed by atoms with Crippen LogP contribution in [-0.4, -0.2) is 30.9 Å². The molecule has 0 saturated heterocycles. The minimum Gasteiger partial charge on any atom is -0.497 e. The third-order valence-corrected chi connectivity index (χ3v) is 4.08. The molecule has 0 bridgehead atoms. The Kier molecular flexibility index (Phi) is 5.21. The summed E-state index contributed by atoms with van der Waals surface area (Å²) in [5.41, 5.74) is 0.539.